The number of barbiturate groups is 1. The first-order valence-electron chi connectivity index (χ1n) is 4.99. The van der Waals surface area contributed by atoms with Crippen LogP contribution in [0.5, 0.6) is 0 Å². The molecular weight excluding hydrogens is 276 g/mol. The van der Waals surface area contributed by atoms with E-state index in [-0.39, 0.29) is 5.57 Å². The summed E-state index contributed by atoms with van der Waals surface area (Å²) in [6.45, 7) is 0. The van der Waals surface area contributed by atoms with Gasteiger partial charge in [-0.15, -0.1) is 11.3 Å². The Hall–Kier alpha value is -1.66. The number of imide groups is 2. The number of nitrogens with zero attached hydrogens (tertiary/aromatic N) is 2. The van der Waals surface area contributed by atoms with Crippen molar-refractivity contribution in [3.63, 3.8) is 0 Å². The van der Waals surface area contributed by atoms with E-state index in [2.05, 4.69) is 0 Å². The number of carbonyl (C=O) groups excluding carboxylic acids is 3. The summed E-state index contributed by atoms with van der Waals surface area (Å²) in [6, 6.07) is 2.75. The van der Waals surface area contributed by atoms with Gasteiger partial charge in [0.25, 0.3) is 11.8 Å². The molecule has 18 heavy (non-hydrogen) atoms. The van der Waals surface area contributed by atoms with Gasteiger partial charge < -0.3 is 0 Å². The highest BCUT2D eigenvalue weighted by Gasteiger charge is 2.37. The van der Waals surface area contributed by atoms with Gasteiger partial charge in [-0.05, 0) is 18.2 Å². The van der Waals surface area contributed by atoms with Gasteiger partial charge >= 0.3 is 6.03 Å². The summed E-state index contributed by atoms with van der Waals surface area (Å²) in [5.41, 5.74) is -0.0434. The van der Waals surface area contributed by atoms with Gasteiger partial charge in [-0.1, -0.05) is 11.6 Å². The third-order valence-electron chi connectivity index (χ3n) is 2.52. The molecule has 1 aromatic rings. The van der Waals surface area contributed by atoms with Crippen molar-refractivity contribution >= 4 is 46.9 Å². The number of hydrogen-bond donors (Lipinski definition) is 0. The van der Waals surface area contributed by atoms with Crippen molar-refractivity contribution in [2.75, 3.05) is 14.1 Å². The number of carbonyl (C=O) groups is 3. The molecule has 1 saturated heterocycles. The molecule has 94 valence electrons. The van der Waals surface area contributed by atoms with Crippen LogP contribution in [0.1, 0.15) is 4.88 Å². The molecule has 0 spiro atoms. The second-order valence-corrected chi connectivity index (χ2v) is 5.46. The van der Waals surface area contributed by atoms with Crippen molar-refractivity contribution in [1.29, 1.82) is 0 Å². The lowest BCUT2D eigenvalue weighted by Crippen LogP contribution is -2.52. The maximum absolute atomic E-state index is 11.9. The highest BCUT2D eigenvalue weighted by Crippen LogP contribution is 2.25. The van der Waals surface area contributed by atoms with E-state index in [0.717, 1.165) is 9.80 Å². The Morgan fingerprint density at radius 3 is 2.11 bits per heavy atom. The minimum absolute atomic E-state index is 0.0434. The molecule has 0 N–H and O–H groups in total. The van der Waals surface area contributed by atoms with E-state index in [1.165, 1.54) is 31.5 Å². The van der Waals surface area contributed by atoms with Crippen LogP contribution < -0.4 is 0 Å². The SMILES string of the molecule is CN1C(=O)C(=Cc2ccc(Cl)s2)C(=O)N(C)C1=O. The third-order valence-corrected chi connectivity index (χ3v) is 3.70. The summed E-state index contributed by atoms with van der Waals surface area (Å²) in [4.78, 5) is 37.7. The van der Waals surface area contributed by atoms with Crippen LogP contribution in [-0.4, -0.2) is 41.7 Å². The molecule has 0 unspecified atom stereocenters. The zero-order chi connectivity index (χ0) is 13.4. The van der Waals surface area contributed by atoms with E-state index >= 15 is 0 Å². The van der Waals surface area contributed by atoms with E-state index in [1.54, 1.807) is 12.1 Å². The normalized spacial score (nSPS) is 16.6. The second-order valence-electron chi connectivity index (χ2n) is 3.71. The molecule has 5 nitrogen and oxygen atoms in total. The Kier molecular flexibility index (Phi) is 3.23. The maximum Gasteiger partial charge on any atom is 0.333 e. The first-order chi connectivity index (χ1) is 8.41. The average molecular weight is 285 g/mol. The lowest BCUT2D eigenvalue weighted by atomic mass is 10.1. The molecule has 1 aromatic heterocycles. The molecule has 7 heteroatoms. The zero-order valence-corrected chi connectivity index (χ0v) is 11.2. The highest BCUT2D eigenvalue weighted by molar-refractivity contribution is 7.17. The molecule has 1 aliphatic heterocycles. The van der Waals surface area contributed by atoms with Crippen molar-refractivity contribution in [1.82, 2.24) is 9.80 Å². The number of halogens is 1. The minimum Gasteiger partial charge on any atom is -0.268 e. The van der Waals surface area contributed by atoms with Crippen molar-refractivity contribution in [3.05, 3.63) is 26.9 Å². The van der Waals surface area contributed by atoms with Gasteiger partial charge in [-0.25, -0.2) is 4.79 Å². The van der Waals surface area contributed by atoms with Gasteiger partial charge in [-0.3, -0.25) is 19.4 Å². The first kappa shape index (κ1) is 12.8. The Morgan fingerprint density at radius 1 is 1.11 bits per heavy atom. The molecule has 4 amide bonds. The number of likely N-dealkylation sites (N-methyl/N-ethyl adjacent to an activating group) is 2. The fourth-order valence-corrected chi connectivity index (χ4v) is 2.53. The van der Waals surface area contributed by atoms with Crippen LogP contribution in [0, 0.1) is 0 Å². The Morgan fingerprint density at radius 2 is 1.67 bits per heavy atom. The van der Waals surface area contributed by atoms with E-state index < -0.39 is 17.8 Å². The van der Waals surface area contributed by atoms with Crippen LogP contribution in [0.4, 0.5) is 4.79 Å². The molecule has 1 fully saturated rings. The lowest BCUT2D eigenvalue weighted by Gasteiger charge is -2.28. The van der Waals surface area contributed by atoms with Crippen LogP contribution >= 0.6 is 22.9 Å². The first-order valence-corrected chi connectivity index (χ1v) is 6.18. The van der Waals surface area contributed by atoms with Gasteiger partial charge in [0, 0.05) is 19.0 Å². The fourth-order valence-electron chi connectivity index (χ4n) is 1.52. The third kappa shape index (κ3) is 2.04. The van der Waals surface area contributed by atoms with Gasteiger partial charge in [-0.2, -0.15) is 0 Å². The molecule has 0 atom stereocenters. The van der Waals surface area contributed by atoms with Crippen LogP contribution in [0.25, 0.3) is 6.08 Å². The average Bonchev–Trinajstić information content (AvgIpc) is 2.75. The summed E-state index contributed by atoms with van der Waals surface area (Å²) in [5.74, 6) is -1.21. The van der Waals surface area contributed by atoms with Crippen LogP contribution in [0.2, 0.25) is 4.34 Å². The molecule has 0 radical (unpaired) electrons. The quantitative estimate of drug-likeness (QED) is 0.584. The topological polar surface area (TPSA) is 57.7 Å². The molecule has 0 bridgehead atoms. The summed E-state index contributed by atoms with van der Waals surface area (Å²) < 4.78 is 0.565. The number of thiophene rings is 1. The monoisotopic (exact) mass is 284 g/mol. The van der Waals surface area contributed by atoms with Gasteiger partial charge in [0.05, 0.1) is 4.34 Å². The van der Waals surface area contributed by atoms with Crippen LogP contribution in [0.15, 0.2) is 17.7 Å². The van der Waals surface area contributed by atoms with Crippen LogP contribution in [0.3, 0.4) is 0 Å². The molecule has 0 aliphatic carbocycles. The molecular formula is C11H9ClN2O3S. The largest absolute Gasteiger partial charge is 0.333 e. The molecule has 1 aliphatic rings. The molecule has 0 saturated carbocycles. The van der Waals surface area contributed by atoms with Crippen molar-refractivity contribution in [2.24, 2.45) is 0 Å². The number of rotatable bonds is 1. The molecule has 2 heterocycles. The van der Waals surface area contributed by atoms with E-state index in [4.69, 9.17) is 11.6 Å². The second kappa shape index (κ2) is 4.55. The van der Waals surface area contributed by atoms with Crippen molar-refractivity contribution in [2.45, 2.75) is 0 Å². The van der Waals surface area contributed by atoms with Gasteiger partial charge in [0.2, 0.25) is 0 Å². The fraction of sp³-hybridized carbons (Fsp3) is 0.182. The number of urea groups is 1. The minimum atomic E-state index is -0.633. The van der Waals surface area contributed by atoms with E-state index in [0.29, 0.717) is 9.21 Å². The summed E-state index contributed by atoms with van der Waals surface area (Å²) >= 11 is 7.03. The smallest absolute Gasteiger partial charge is 0.268 e. The summed E-state index contributed by atoms with van der Waals surface area (Å²) in [5, 5.41) is 0. The predicted molar refractivity (Wildman–Crippen MR) is 68.2 cm³/mol. The van der Waals surface area contributed by atoms with E-state index in [1.807, 2.05) is 0 Å². The molecule has 0 aromatic carbocycles. The standard InChI is InChI=1S/C11H9ClN2O3S/c1-13-9(15)7(10(16)14(2)11(13)17)5-6-3-4-8(12)18-6/h3-5H,1-2H3. The Labute approximate surface area is 112 Å². The summed E-state index contributed by atoms with van der Waals surface area (Å²) in [6.07, 6.45) is 1.45. The van der Waals surface area contributed by atoms with Crippen LogP contribution in [-0.2, 0) is 9.59 Å². The number of amides is 4. The van der Waals surface area contributed by atoms with Gasteiger partial charge in [0.1, 0.15) is 5.57 Å². The zero-order valence-electron chi connectivity index (χ0n) is 9.64. The van der Waals surface area contributed by atoms with Gasteiger partial charge in [0.15, 0.2) is 0 Å². The van der Waals surface area contributed by atoms with E-state index in [9.17, 15) is 14.4 Å². The Bertz CT molecular complexity index is 553. The highest BCUT2D eigenvalue weighted by atomic mass is 35.5. The lowest BCUT2D eigenvalue weighted by molar-refractivity contribution is -0.134. The number of hydrogen-bond acceptors (Lipinski definition) is 4. The van der Waals surface area contributed by atoms with Crippen molar-refractivity contribution in [3.8, 4) is 0 Å². The van der Waals surface area contributed by atoms with Crippen molar-refractivity contribution < 1.29 is 14.4 Å². The molecule has 2 rings (SSSR count). The summed E-state index contributed by atoms with van der Waals surface area (Å²) in [7, 11) is 2.67. The predicted octanol–water partition coefficient (Wildman–Crippen LogP) is 1.84. The Balaban J connectivity index is 2.43. The maximum atomic E-state index is 11.9.